The number of aromatic nitrogens is 2. The summed E-state index contributed by atoms with van der Waals surface area (Å²) in [7, 11) is 1.76. The number of nitrogens with two attached hydrogens (primary N) is 1. The number of nitrogens with zero attached hydrogens (tertiary/aromatic N) is 3. The lowest BCUT2D eigenvalue weighted by Gasteiger charge is -2.30. The van der Waals surface area contributed by atoms with Crippen molar-refractivity contribution in [3.05, 3.63) is 65.1 Å². The van der Waals surface area contributed by atoms with Crippen LogP contribution >= 0.6 is 11.6 Å². The Labute approximate surface area is 207 Å². The molecule has 184 valence electrons. The number of rotatable bonds is 8. The molecule has 1 aromatic heterocycles. The molecule has 2 amide bonds. The fourth-order valence-corrected chi connectivity index (χ4v) is 4.47. The lowest BCUT2D eigenvalue weighted by Crippen LogP contribution is -2.40. The first-order valence-electron chi connectivity index (χ1n) is 11.4. The molecule has 1 saturated heterocycles. The average Bonchev–Trinajstić information content (AvgIpc) is 3.18. The molecule has 35 heavy (non-hydrogen) atoms. The van der Waals surface area contributed by atoms with Gasteiger partial charge in [-0.25, -0.2) is 4.39 Å². The Balaban J connectivity index is 1.50. The van der Waals surface area contributed by atoms with E-state index in [2.05, 4.69) is 15.3 Å². The molecule has 0 radical (unpaired) electrons. The first kappa shape index (κ1) is 24.7. The first-order chi connectivity index (χ1) is 16.8. The number of anilines is 1. The van der Waals surface area contributed by atoms with Gasteiger partial charge in [-0.05, 0) is 56.3 Å². The van der Waals surface area contributed by atoms with Crippen LogP contribution < -0.4 is 15.8 Å². The first-order valence-corrected chi connectivity index (χ1v) is 11.7. The minimum absolute atomic E-state index is 0.0481. The molecular formula is C25H27ClFN5O3. The van der Waals surface area contributed by atoms with Crippen molar-refractivity contribution in [1.82, 2.24) is 14.7 Å². The molecule has 2 heterocycles. The van der Waals surface area contributed by atoms with Crippen molar-refractivity contribution in [2.75, 3.05) is 31.6 Å². The van der Waals surface area contributed by atoms with Crippen molar-refractivity contribution in [3.8, 4) is 17.0 Å². The van der Waals surface area contributed by atoms with E-state index in [1.54, 1.807) is 36.0 Å². The van der Waals surface area contributed by atoms with Gasteiger partial charge in [-0.1, -0.05) is 23.7 Å². The summed E-state index contributed by atoms with van der Waals surface area (Å²) in [4.78, 5) is 26.2. The predicted octanol–water partition coefficient (Wildman–Crippen LogP) is 3.71. The van der Waals surface area contributed by atoms with E-state index in [-0.39, 0.29) is 17.4 Å². The highest BCUT2D eigenvalue weighted by molar-refractivity contribution is 6.33. The highest BCUT2D eigenvalue weighted by Crippen LogP contribution is 2.36. The number of likely N-dealkylation sites (tertiary alicyclic amines) is 1. The number of halogens is 2. The Morgan fingerprint density at radius 2 is 1.97 bits per heavy atom. The number of carbonyl (C=O) groups excluding carboxylic acids is 2. The maximum absolute atomic E-state index is 14.0. The maximum atomic E-state index is 14.0. The monoisotopic (exact) mass is 499 g/mol. The van der Waals surface area contributed by atoms with Crippen molar-refractivity contribution in [2.24, 2.45) is 18.7 Å². The van der Waals surface area contributed by atoms with Crippen LogP contribution in [-0.2, 0) is 11.8 Å². The number of carbonyl (C=O) groups is 2. The van der Waals surface area contributed by atoms with E-state index in [0.29, 0.717) is 40.9 Å². The Kier molecular flexibility index (Phi) is 7.67. The normalized spacial score (nSPS) is 14.6. The molecule has 0 unspecified atom stereocenters. The summed E-state index contributed by atoms with van der Waals surface area (Å²) in [6, 6.07) is 11.0. The van der Waals surface area contributed by atoms with Gasteiger partial charge in [-0.15, -0.1) is 0 Å². The van der Waals surface area contributed by atoms with Crippen molar-refractivity contribution < 1.29 is 18.7 Å². The second-order valence-corrected chi connectivity index (χ2v) is 8.88. The van der Waals surface area contributed by atoms with Gasteiger partial charge in [0.2, 0.25) is 5.91 Å². The molecule has 0 aliphatic carbocycles. The summed E-state index contributed by atoms with van der Waals surface area (Å²) in [5, 5.41) is 7.37. The number of hydrogen-bond acceptors (Lipinski definition) is 5. The van der Waals surface area contributed by atoms with Gasteiger partial charge in [0.05, 0.1) is 22.5 Å². The minimum atomic E-state index is -0.597. The van der Waals surface area contributed by atoms with Crippen molar-refractivity contribution >= 4 is 29.1 Å². The smallest absolute Gasteiger partial charge is 0.258 e. The fourth-order valence-electron chi connectivity index (χ4n) is 4.20. The van der Waals surface area contributed by atoms with Gasteiger partial charge in [0.25, 0.3) is 5.91 Å². The summed E-state index contributed by atoms with van der Waals surface area (Å²) >= 11 is 6.40. The number of piperidine rings is 1. The van der Waals surface area contributed by atoms with E-state index in [4.69, 9.17) is 22.1 Å². The Morgan fingerprint density at radius 3 is 2.63 bits per heavy atom. The molecule has 1 fully saturated rings. The van der Waals surface area contributed by atoms with E-state index in [9.17, 15) is 14.0 Å². The Morgan fingerprint density at radius 1 is 1.23 bits per heavy atom. The second kappa shape index (κ2) is 10.9. The molecule has 0 spiro atoms. The number of aryl methyl sites for hydroxylation is 1. The molecule has 1 aliphatic heterocycles. The highest BCUT2D eigenvalue weighted by atomic mass is 35.5. The van der Waals surface area contributed by atoms with Gasteiger partial charge in [0, 0.05) is 30.8 Å². The van der Waals surface area contributed by atoms with Crippen LogP contribution in [0.15, 0.2) is 48.7 Å². The fraction of sp³-hybridized carbons (Fsp3) is 0.320. The van der Waals surface area contributed by atoms with Gasteiger partial charge in [-0.3, -0.25) is 19.2 Å². The summed E-state index contributed by atoms with van der Waals surface area (Å²) in [6.07, 6.45) is 3.04. The predicted molar refractivity (Wildman–Crippen MR) is 132 cm³/mol. The largest absolute Gasteiger partial charge is 0.492 e. The summed E-state index contributed by atoms with van der Waals surface area (Å²) in [6.45, 7) is 2.69. The summed E-state index contributed by atoms with van der Waals surface area (Å²) < 4.78 is 21.8. The number of hydrogen-bond donors (Lipinski definition) is 2. The topological polar surface area (TPSA) is 102 Å². The maximum Gasteiger partial charge on any atom is 0.258 e. The van der Waals surface area contributed by atoms with Crippen molar-refractivity contribution in [2.45, 2.75) is 12.8 Å². The van der Waals surface area contributed by atoms with Gasteiger partial charge >= 0.3 is 0 Å². The SMILES string of the molecule is Cn1ncc(Cl)c1-c1cc(NC(=O)c2ccccc2F)ccc1OCCN1CCC(C(N)=O)CC1. The van der Waals surface area contributed by atoms with Gasteiger partial charge in [-0.2, -0.15) is 5.10 Å². The lowest BCUT2D eigenvalue weighted by atomic mass is 9.96. The van der Waals surface area contributed by atoms with Crippen molar-refractivity contribution in [1.29, 1.82) is 0 Å². The molecule has 3 aromatic rings. The quantitative estimate of drug-likeness (QED) is 0.492. The summed E-state index contributed by atoms with van der Waals surface area (Å²) in [5.74, 6) is -0.872. The second-order valence-electron chi connectivity index (χ2n) is 8.48. The third-order valence-corrected chi connectivity index (χ3v) is 6.44. The van der Waals surface area contributed by atoms with E-state index in [0.717, 1.165) is 25.9 Å². The van der Waals surface area contributed by atoms with Crippen LogP contribution in [0, 0.1) is 11.7 Å². The van der Waals surface area contributed by atoms with E-state index >= 15 is 0 Å². The van der Waals surface area contributed by atoms with Crippen LogP contribution in [0.1, 0.15) is 23.2 Å². The number of benzene rings is 2. The Hall–Kier alpha value is -3.43. The molecule has 2 aromatic carbocycles. The number of nitrogens with one attached hydrogen (secondary N) is 1. The molecule has 1 aliphatic rings. The summed E-state index contributed by atoms with van der Waals surface area (Å²) in [5.41, 5.74) is 7.11. The molecule has 10 heteroatoms. The zero-order valence-corrected chi connectivity index (χ0v) is 20.1. The number of amides is 2. The van der Waals surface area contributed by atoms with Crippen LogP contribution in [0.5, 0.6) is 5.75 Å². The zero-order valence-electron chi connectivity index (χ0n) is 19.3. The van der Waals surface area contributed by atoms with Gasteiger partial charge in [0.1, 0.15) is 18.2 Å². The van der Waals surface area contributed by atoms with Gasteiger partial charge < -0.3 is 15.8 Å². The van der Waals surface area contributed by atoms with Crippen molar-refractivity contribution in [3.63, 3.8) is 0 Å². The van der Waals surface area contributed by atoms with Crippen LogP contribution in [0.2, 0.25) is 5.02 Å². The van der Waals surface area contributed by atoms with E-state index in [1.165, 1.54) is 24.4 Å². The van der Waals surface area contributed by atoms with Gasteiger partial charge in [0.15, 0.2) is 0 Å². The zero-order chi connectivity index (χ0) is 24.9. The molecule has 0 saturated carbocycles. The molecule has 3 N–H and O–H groups in total. The number of ether oxygens (including phenoxy) is 1. The third kappa shape index (κ3) is 5.80. The number of primary amides is 1. The highest BCUT2D eigenvalue weighted by Gasteiger charge is 2.23. The van der Waals surface area contributed by atoms with E-state index < -0.39 is 11.7 Å². The molecule has 0 atom stereocenters. The van der Waals surface area contributed by atoms with E-state index in [1.807, 2.05) is 0 Å². The molecule has 8 nitrogen and oxygen atoms in total. The van der Waals surface area contributed by atoms with Crippen LogP contribution in [0.4, 0.5) is 10.1 Å². The third-order valence-electron chi connectivity index (χ3n) is 6.16. The van der Waals surface area contributed by atoms with Crippen LogP contribution in [0.3, 0.4) is 0 Å². The molecular weight excluding hydrogens is 473 g/mol. The standard InChI is InChI=1S/C25H27ClFN5O3/c1-31-23(20(26)15-29-31)19-14-17(30-25(34)18-4-2-3-5-21(18)27)6-7-22(19)35-13-12-32-10-8-16(9-11-32)24(28)33/h2-7,14-16H,8-13H2,1H3,(H2,28,33)(H,30,34). The molecule has 4 rings (SSSR count). The minimum Gasteiger partial charge on any atom is -0.492 e. The lowest BCUT2D eigenvalue weighted by molar-refractivity contribution is -0.123. The van der Waals surface area contributed by atoms with Crippen LogP contribution in [0.25, 0.3) is 11.3 Å². The average molecular weight is 500 g/mol. The Bertz CT molecular complexity index is 1200. The molecule has 0 bridgehead atoms. The van der Waals surface area contributed by atoms with Crippen LogP contribution in [-0.4, -0.2) is 52.7 Å².